The van der Waals surface area contributed by atoms with E-state index in [1.807, 2.05) is 12.1 Å². The molecule has 1 aromatic rings. The molecule has 16 heavy (non-hydrogen) atoms. The highest BCUT2D eigenvalue weighted by Crippen LogP contribution is 2.15. The Morgan fingerprint density at radius 1 is 1.38 bits per heavy atom. The van der Waals surface area contributed by atoms with Crippen molar-refractivity contribution >= 4 is 21.8 Å². The third-order valence-corrected chi connectivity index (χ3v) is 2.42. The highest BCUT2D eigenvalue weighted by Gasteiger charge is 2.01. The monoisotopic (exact) mass is 286 g/mol. The number of ether oxygens (including phenoxy) is 1. The first kappa shape index (κ1) is 13.0. The van der Waals surface area contributed by atoms with Crippen LogP contribution in [0.1, 0.15) is 6.42 Å². The fourth-order valence-corrected chi connectivity index (χ4v) is 1.32. The molecule has 0 saturated heterocycles. The van der Waals surface area contributed by atoms with E-state index in [1.165, 1.54) is 0 Å². The first-order valence-electron chi connectivity index (χ1n) is 5.07. The molecule has 0 saturated carbocycles. The van der Waals surface area contributed by atoms with Gasteiger partial charge in [-0.25, -0.2) is 0 Å². The van der Waals surface area contributed by atoms with Crippen molar-refractivity contribution in [2.24, 2.45) is 5.73 Å². The van der Waals surface area contributed by atoms with Crippen molar-refractivity contribution in [3.8, 4) is 5.75 Å². The van der Waals surface area contributed by atoms with Crippen LogP contribution in [0.2, 0.25) is 0 Å². The van der Waals surface area contributed by atoms with Crippen LogP contribution in [0.4, 0.5) is 0 Å². The van der Waals surface area contributed by atoms with E-state index >= 15 is 0 Å². The first-order valence-corrected chi connectivity index (χ1v) is 5.87. The molecule has 0 atom stereocenters. The van der Waals surface area contributed by atoms with Crippen molar-refractivity contribution < 1.29 is 9.53 Å². The molecular formula is C11H15BrN2O2. The maximum absolute atomic E-state index is 11.3. The van der Waals surface area contributed by atoms with Crippen molar-refractivity contribution in [2.45, 2.75) is 6.42 Å². The van der Waals surface area contributed by atoms with Crippen molar-refractivity contribution in [3.05, 3.63) is 28.7 Å². The van der Waals surface area contributed by atoms with Gasteiger partial charge in [0.15, 0.2) is 6.61 Å². The quantitative estimate of drug-likeness (QED) is 0.775. The Balaban J connectivity index is 2.23. The zero-order valence-electron chi connectivity index (χ0n) is 8.91. The molecule has 0 heterocycles. The van der Waals surface area contributed by atoms with Crippen molar-refractivity contribution in [1.29, 1.82) is 0 Å². The van der Waals surface area contributed by atoms with Crippen LogP contribution in [-0.4, -0.2) is 25.6 Å². The van der Waals surface area contributed by atoms with Gasteiger partial charge in [0.25, 0.3) is 5.91 Å². The van der Waals surface area contributed by atoms with Gasteiger partial charge in [-0.3, -0.25) is 4.79 Å². The van der Waals surface area contributed by atoms with E-state index in [2.05, 4.69) is 21.2 Å². The zero-order valence-corrected chi connectivity index (χ0v) is 10.5. The van der Waals surface area contributed by atoms with Gasteiger partial charge in [0.05, 0.1) is 0 Å². The SMILES string of the molecule is NCCCNC(=O)COc1ccc(Br)cc1. The molecule has 0 spiro atoms. The second kappa shape index (κ2) is 7.24. The van der Waals surface area contributed by atoms with Crippen LogP contribution in [-0.2, 0) is 4.79 Å². The van der Waals surface area contributed by atoms with Gasteiger partial charge >= 0.3 is 0 Å². The minimum absolute atomic E-state index is 0.0339. The topological polar surface area (TPSA) is 64.3 Å². The number of nitrogens with one attached hydrogen (secondary N) is 1. The Morgan fingerprint density at radius 3 is 2.69 bits per heavy atom. The lowest BCUT2D eigenvalue weighted by molar-refractivity contribution is -0.123. The van der Waals surface area contributed by atoms with Gasteiger partial charge in [0.1, 0.15) is 5.75 Å². The van der Waals surface area contributed by atoms with Crippen molar-refractivity contribution in [3.63, 3.8) is 0 Å². The second-order valence-electron chi connectivity index (χ2n) is 3.23. The summed E-state index contributed by atoms with van der Waals surface area (Å²) in [4.78, 5) is 11.3. The minimum atomic E-state index is -0.128. The van der Waals surface area contributed by atoms with Gasteiger partial charge in [0.2, 0.25) is 0 Å². The Labute approximate surface area is 103 Å². The minimum Gasteiger partial charge on any atom is -0.484 e. The Morgan fingerprint density at radius 2 is 2.06 bits per heavy atom. The van der Waals surface area contributed by atoms with E-state index in [4.69, 9.17) is 10.5 Å². The van der Waals surface area contributed by atoms with Gasteiger partial charge < -0.3 is 15.8 Å². The van der Waals surface area contributed by atoms with Crippen LogP contribution in [0, 0.1) is 0 Å². The molecule has 0 bridgehead atoms. The molecule has 1 amide bonds. The normalized spacial score (nSPS) is 9.88. The third kappa shape index (κ3) is 5.14. The molecule has 0 radical (unpaired) electrons. The summed E-state index contributed by atoms with van der Waals surface area (Å²) in [7, 11) is 0. The van der Waals surface area contributed by atoms with Crippen LogP contribution < -0.4 is 15.8 Å². The number of carbonyl (C=O) groups is 1. The molecule has 0 unspecified atom stereocenters. The summed E-state index contributed by atoms with van der Waals surface area (Å²) >= 11 is 3.32. The molecular weight excluding hydrogens is 272 g/mol. The number of hydrogen-bond acceptors (Lipinski definition) is 3. The lowest BCUT2D eigenvalue weighted by Crippen LogP contribution is -2.30. The number of carbonyl (C=O) groups excluding carboxylic acids is 1. The van der Waals surface area contributed by atoms with Crippen LogP contribution in [0.5, 0.6) is 5.75 Å². The smallest absolute Gasteiger partial charge is 0.257 e. The predicted molar refractivity (Wildman–Crippen MR) is 66.3 cm³/mol. The third-order valence-electron chi connectivity index (χ3n) is 1.89. The highest BCUT2D eigenvalue weighted by atomic mass is 79.9. The van der Waals surface area contributed by atoms with Gasteiger partial charge in [-0.15, -0.1) is 0 Å². The summed E-state index contributed by atoms with van der Waals surface area (Å²) in [6, 6.07) is 7.33. The van der Waals surface area contributed by atoms with E-state index in [0.717, 1.165) is 10.9 Å². The van der Waals surface area contributed by atoms with Gasteiger partial charge in [-0.05, 0) is 37.2 Å². The van der Waals surface area contributed by atoms with Crippen LogP contribution >= 0.6 is 15.9 Å². The second-order valence-corrected chi connectivity index (χ2v) is 4.15. The van der Waals surface area contributed by atoms with E-state index in [0.29, 0.717) is 18.8 Å². The summed E-state index contributed by atoms with van der Waals surface area (Å²) in [6.07, 6.45) is 0.782. The van der Waals surface area contributed by atoms with Crippen LogP contribution in [0.15, 0.2) is 28.7 Å². The molecule has 5 heteroatoms. The van der Waals surface area contributed by atoms with Gasteiger partial charge in [0, 0.05) is 11.0 Å². The molecule has 0 aromatic heterocycles. The Hall–Kier alpha value is -1.07. The molecule has 0 aliphatic heterocycles. The predicted octanol–water partition coefficient (Wildman–Crippen LogP) is 1.29. The standard InChI is InChI=1S/C11H15BrN2O2/c12-9-2-4-10(5-3-9)16-8-11(15)14-7-1-6-13/h2-5H,1,6-8,13H2,(H,14,15). The van der Waals surface area contributed by atoms with E-state index in [1.54, 1.807) is 12.1 Å². The number of amides is 1. The maximum atomic E-state index is 11.3. The average molecular weight is 287 g/mol. The van der Waals surface area contributed by atoms with E-state index < -0.39 is 0 Å². The van der Waals surface area contributed by atoms with Gasteiger partial charge in [-0.1, -0.05) is 15.9 Å². The first-order chi connectivity index (χ1) is 7.72. The fraction of sp³-hybridized carbons (Fsp3) is 0.364. The molecule has 0 aliphatic rings. The zero-order chi connectivity index (χ0) is 11.8. The fourth-order valence-electron chi connectivity index (χ4n) is 1.06. The van der Waals surface area contributed by atoms with E-state index in [-0.39, 0.29) is 12.5 Å². The molecule has 4 nitrogen and oxygen atoms in total. The lowest BCUT2D eigenvalue weighted by Gasteiger charge is -2.06. The van der Waals surface area contributed by atoms with Crippen LogP contribution in [0.25, 0.3) is 0 Å². The molecule has 0 fully saturated rings. The number of benzene rings is 1. The molecule has 1 rings (SSSR count). The summed E-state index contributed by atoms with van der Waals surface area (Å²) in [6.45, 7) is 1.21. The number of nitrogens with two attached hydrogens (primary N) is 1. The molecule has 0 aliphatic carbocycles. The highest BCUT2D eigenvalue weighted by molar-refractivity contribution is 9.10. The van der Waals surface area contributed by atoms with Crippen molar-refractivity contribution in [1.82, 2.24) is 5.32 Å². The number of hydrogen-bond donors (Lipinski definition) is 2. The maximum Gasteiger partial charge on any atom is 0.257 e. The van der Waals surface area contributed by atoms with Crippen molar-refractivity contribution in [2.75, 3.05) is 19.7 Å². The largest absolute Gasteiger partial charge is 0.484 e. The summed E-state index contributed by atoms with van der Waals surface area (Å²) in [5.74, 6) is 0.550. The number of rotatable bonds is 6. The van der Waals surface area contributed by atoms with E-state index in [9.17, 15) is 4.79 Å². The lowest BCUT2D eigenvalue weighted by atomic mass is 10.3. The molecule has 88 valence electrons. The summed E-state index contributed by atoms with van der Waals surface area (Å²) in [5.41, 5.74) is 5.31. The van der Waals surface area contributed by atoms with Gasteiger partial charge in [-0.2, -0.15) is 0 Å². The summed E-state index contributed by atoms with van der Waals surface area (Å²) in [5, 5.41) is 2.71. The summed E-state index contributed by atoms with van der Waals surface area (Å²) < 4.78 is 6.27. The molecule has 1 aromatic carbocycles. The Kier molecular flexibility index (Phi) is 5.88. The Bertz CT molecular complexity index is 327. The molecule has 3 N–H and O–H groups in total. The average Bonchev–Trinajstić information content (AvgIpc) is 2.29. The van der Waals surface area contributed by atoms with Crippen LogP contribution in [0.3, 0.4) is 0 Å². The number of halogens is 1.